The average molecular weight is 348 g/mol. The molecule has 2 aromatic heterocycles. The summed E-state index contributed by atoms with van der Waals surface area (Å²) in [6, 6.07) is 1.30. The Labute approximate surface area is 146 Å². The molecule has 0 aliphatic heterocycles. The van der Waals surface area contributed by atoms with Gasteiger partial charge in [-0.3, -0.25) is 14.2 Å². The van der Waals surface area contributed by atoms with Gasteiger partial charge < -0.3 is 10.6 Å². The predicted octanol–water partition coefficient (Wildman–Crippen LogP) is 2.44. The smallest absolute Gasteiger partial charge is 0.253 e. The van der Waals surface area contributed by atoms with Crippen LogP contribution in [0.25, 0.3) is 5.13 Å². The van der Waals surface area contributed by atoms with Crippen molar-refractivity contribution in [3.8, 4) is 5.13 Å². The first-order chi connectivity index (χ1) is 11.3. The lowest BCUT2D eigenvalue weighted by Gasteiger charge is -2.19. The van der Waals surface area contributed by atoms with E-state index in [0.717, 1.165) is 16.5 Å². The van der Waals surface area contributed by atoms with Gasteiger partial charge in [0.1, 0.15) is 6.04 Å². The summed E-state index contributed by atoms with van der Waals surface area (Å²) in [7, 11) is 1.58. The van der Waals surface area contributed by atoms with Crippen molar-refractivity contribution in [3.05, 3.63) is 34.6 Å². The third-order valence-corrected chi connectivity index (χ3v) is 4.62. The Kier molecular flexibility index (Phi) is 5.77. The molecule has 0 fully saturated rings. The molecule has 24 heavy (non-hydrogen) atoms. The molecule has 7 heteroatoms. The van der Waals surface area contributed by atoms with Crippen LogP contribution in [-0.2, 0) is 4.79 Å². The van der Waals surface area contributed by atoms with E-state index in [1.165, 1.54) is 11.3 Å². The van der Waals surface area contributed by atoms with Crippen molar-refractivity contribution in [1.29, 1.82) is 0 Å². The Bertz CT molecular complexity index is 719. The molecular weight excluding hydrogens is 324 g/mol. The van der Waals surface area contributed by atoms with Crippen LogP contribution >= 0.6 is 11.3 Å². The molecule has 2 amide bonds. The average Bonchev–Trinajstić information content (AvgIpc) is 3.13. The van der Waals surface area contributed by atoms with Crippen LogP contribution in [0, 0.1) is 19.8 Å². The highest BCUT2D eigenvalue weighted by atomic mass is 32.1. The van der Waals surface area contributed by atoms with E-state index in [2.05, 4.69) is 15.6 Å². The van der Waals surface area contributed by atoms with Crippen LogP contribution in [0.1, 0.15) is 42.0 Å². The van der Waals surface area contributed by atoms with E-state index in [4.69, 9.17) is 0 Å². The van der Waals surface area contributed by atoms with Crippen molar-refractivity contribution in [2.75, 3.05) is 7.05 Å². The zero-order valence-electron chi connectivity index (χ0n) is 14.7. The first kappa shape index (κ1) is 18.2. The van der Waals surface area contributed by atoms with E-state index >= 15 is 0 Å². The largest absolute Gasteiger partial charge is 0.357 e. The van der Waals surface area contributed by atoms with Crippen molar-refractivity contribution < 1.29 is 9.59 Å². The molecule has 130 valence electrons. The number of hydrogen-bond donors (Lipinski definition) is 2. The third kappa shape index (κ3) is 3.84. The maximum Gasteiger partial charge on any atom is 0.253 e. The highest BCUT2D eigenvalue weighted by molar-refractivity contribution is 7.12. The Morgan fingerprint density at radius 3 is 2.58 bits per heavy atom. The standard InChI is InChI=1S/C17H24N4O2S/c1-10(2)8-14(16(23)18-5)20-15(22)13-9-11(3)21(12(13)4)17-19-6-7-24-17/h6-7,9-10,14H,8H2,1-5H3,(H,18,23)(H,20,22). The van der Waals surface area contributed by atoms with Gasteiger partial charge >= 0.3 is 0 Å². The first-order valence-electron chi connectivity index (χ1n) is 7.96. The van der Waals surface area contributed by atoms with Crippen molar-refractivity contribution in [2.24, 2.45) is 5.92 Å². The Balaban J connectivity index is 2.26. The molecule has 0 bridgehead atoms. The van der Waals surface area contributed by atoms with Crippen LogP contribution in [0.4, 0.5) is 0 Å². The fourth-order valence-electron chi connectivity index (χ4n) is 2.73. The third-order valence-electron chi connectivity index (χ3n) is 3.86. The lowest BCUT2D eigenvalue weighted by atomic mass is 10.0. The van der Waals surface area contributed by atoms with E-state index < -0.39 is 6.04 Å². The Morgan fingerprint density at radius 1 is 1.33 bits per heavy atom. The minimum Gasteiger partial charge on any atom is -0.357 e. The topological polar surface area (TPSA) is 76.0 Å². The maximum absolute atomic E-state index is 12.7. The fraction of sp³-hybridized carbons (Fsp3) is 0.471. The second-order valence-electron chi connectivity index (χ2n) is 6.20. The molecule has 0 aliphatic carbocycles. The molecule has 0 aliphatic rings. The summed E-state index contributed by atoms with van der Waals surface area (Å²) in [4.78, 5) is 29.0. The number of hydrogen-bond acceptors (Lipinski definition) is 4. The normalized spacial score (nSPS) is 12.2. The minimum atomic E-state index is -0.537. The molecule has 0 saturated carbocycles. The summed E-state index contributed by atoms with van der Waals surface area (Å²) in [5.74, 6) is -0.110. The number of likely N-dealkylation sites (N-methyl/N-ethyl adjacent to an activating group) is 1. The van der Waals surface area contributed by atoms with Gasteiger partial charge in [-0.25, -0.2) is 4.98 Å². The van der Waals surface area contributed by atoms with Crippen LogP contribution in [0.15, 0.2) is 17.6 Å². The van der Waals surface area contributed by atoms with Gasteiger partial charge in [-0.2, -0.15) is 0 Å². The molecule has 0 spiro atoms. The van der Waals surface area contributed by atoms with Crippen LogP contribution in [-0.4, -0.2) is 34.5 Å². The molecule has 0 saturated heterocycles. The van der Waals surface area contributed by atoms with Crippen LogP contribution in [0.5, 0.6) is 0 Å². The van der Waals surface area contributed by atoms with E-state index in [1.807, 2.05) is 43.7 Å². The number of aromatic nitrogens is 2. The Hall–Kier alpha value is -2.15. The van der Waals surface area contributed by atoms with Gasteiger partial charge in [-0.15, -0.1) is 11.3 Å². The number of nitrogens with zero attached hydrogens (tertiary/aromatic N) is 2. The van der Waals surface area contributed by atoms with Crippen LogP contribution in [0.3, 0.4) is 0 Å². The van der Waals surface area contributed by atoms with Gasteiger partial charge in [0.15, 0.2) is 5.13 Å². The summed E-state index contributed by atoms with van der Waals surface area (Å²) >= 11 is 1.52. The van der Waals surface area contributed by atoms with Crippen molar-refractivity contribution in [2.45, 2.75) is 40.2 Å². The molecule has 1 atom stereocenters. The van der Waals surface area contributed by atoms with Crippen molar-refractivity contribution >= 4 is 23.2 Å². The number of carbonyl (C=O) groups is 2. The van der Waals surface area contributed by atoms with E-state index in [-0.39, 0.29) is 11.8 Å². The first-order valence-corrected chi connectivity index (χ1v) is 8.84. The van der Waals surface area contributed by atoms with Gasteiger partial charge in [-0.05, 0) is 32.3 Å². The van der Waals surface area contributed by atoms with Gasteiger partial charge in [0.2, 0.25) is 5.91 Å². The number of amides is 2. The fourth-order valence-corrected chi connectivity index (χ4v) is 3.48. The zero-order valence-corrected chi connectivity index (χ0v) is 15.5. The number of nitrogens with one attached hydrogen (secondary N) is 2. The molecule has 2 heterocycles. The summed E-state index contributed by atoms with van der Waals surface area (Å²) in [6.45, 7) is 7.88. The van der Waals surface area contributed by atoms with Crippen molar-refractivity contribution in [1.82, 2.24) is 20.2 Å². The molecular formula is C17H24N4O2S. The highest BCUT2D eigenvalue weighted by Gasteiger charge is 2.24. The molecule has 2 aromatic rings. The number of carbonyl (C=O) groups excluding carboxylic acids is 2. The van der Waals surface area contributed by atoms with E-state index in [9.17, 15) is 9.59 Å². The van der Waals surface area contributed by atoms with E-state index in [0.29, 0.717) is 17.9 Å². The number of aryl methyl sites for hydroxylation is 1. The minimum absolute atomic E-state index is 0.175. The summed E-state index contributed by atoms with van der Waals surface area (Å²) in [5.41, 5.74) is 2.33. The molecule has 2 N–H and O–H groups in total. The highest BCUT2D eigenvalue weighted by Crippen LogP contribution is 2.22. The van der Waals surface area contributed by atoms with Gasteiger partial charge in [0.25, 0.3) is 5.91 Å². The van der Waals surface area contributed by atoms with Crippen LogP contribution in [0.2, 0.25) is 0 Å². The van der Waals surface area contributed by atoms with Crippen molar-refractivity contribution in [3.63, 3.8) is 0 Å². The maximum atomic E-state index is 12.7. The molecule has 2 rings (SSSR count). The predicted molar refractivity (Wildman–Crippen MR) is 95.7 cm³/mol. The second kappa shape index (κ2) is 7.61. The van der Waals surface area contributed by atoms with Gasteiger partial charge in [0, 0.05) is 30.0 Å². The lowest BCUT2D eigenvalue weighted by molar-refractivity contribution is -0.122. The SMILES string of the molecule is CNC(=O)C(CC(C)C)NC(=O)c1cc(C)n(-c2nccs2)c1C. The Morgan fingerprint density at radius 2 is 2.04 bits per heavy atom. The summed E-state index contributed by atoms with van der Waals surface area (Å²) in [5, 5.41) is 8.20. The zero-order chi connectivity index (χ0) is 17.9. The number of thiazole rings is 1. The summed E-state index contributed by atoms with van der Waals surface area (Å²) in [6.07, 6.45) is 2.33. The quantitative estimate of drug-likeness (QED) is 0.842. The molecule has 0 radical (unpaired) electrons. The van der Waals surface area contributed by atoms with Crippen LogP contribution < -0.4 is 10.6 Å². The second-order valence-corrected chi connectivity index (χ2v) is 7.08. The van der Waals surface area contributed by atoms with Gasteiger partial charge in [-0.1, -0.05) is 13.8 Å². The molecule has 0 aromatic carbocycles. The molecule has 1 unspecified atom stereocenters. The van der Waals surface area contributed by atoms with E-state index in [1.54, 1.807) is 13.2 Å². The number of rotatable bonds is 6. The monoisotopic (exact) mass is 348 g/mol. The van der Waals surface area contributed by atoms with Gasteiger partial charge in [0.05, 0.1) is 5.56 Å². The lowest BCUT2D eigenvalue weighted by Crippen LogP contribution is -2.46. The molecule has 6 nitrogen and oxygen atoms in total. The summed E-state index contributed by atoms with van der Waals surface area (Å²) < 4.78 is 1.96.